The van der Waals surface area contributed by atoms with Crippen molar-refractivity contribution in [2.24, 2.45) is 0 Å². The molecule has 0 saturated carbocycles. The first-order valence-corrected chi connectivity index (χ1v) is 8.56. The van der Waals surface area contributed by atoms with Crippen LogP contribution in [0.2, 0.25) is 0 Å². The van der Waals surface area contributed by atoms with E-state index in [1.165, 1.54) is 20.2 Å². The van der Waals surface area contributed by atoms with E-state index in [2.05, 4.69) is 4.98 Å². The Hall–Kier alpha value is -3.30. The zero-order chi connectivity index (χ0) is 22.4. The van der Waals surface area contributed by atoms with Gasteiger partial charge in [-0.2, -0.15) is 13.2 Å². The van der Waals surface area contributed by atoms with E-state index in [0.717, 1.165) is 23.1 Å². The van der Waals surface area contributed by atoms with Gasteiger partial charge in [0.05, 0.1) is 17.0 Å². The van der Waals surface area contributed by atoms with Crippen molar-refractivity contribution in [1.29, 1.82) is 0 Å². The van der Waals surface area contributed by atoms with Crippen LogP contribution < -0.4 is 5.56 Å². The smallest absolute Gasteiger partial charge is 0.335 e. The van der Waals surface area contributed by atoms with Gasteiger partial charge in [-0.3, -0.25) is 9.59 Å². The maximum absolute atomic E-state index is 13.8. The minimum absolute atomic E-state index is 0.0587. The van der Waals surface area contributed by atoms with Gasteiger partial charge in [0.15, 0.2) is 11.6 Å². The third kappa shape index (κ3) is 3.77. The number of nitrogens with zero attached hydrogens (tertiary/aromatic N) is 1. The Labute approximate surface area is 165 Å². The van der Waals surface area contributed by atoms with Crippen molar-refractivity contribution in [1.82, 2.24) is 9.88 Å². The highest BCUT2D eigenvalue weighted by Crippen LogP contribution is 2.32. The van der Waals surface area contributed by atoms with Crippen molar-refractivity contribution >= 4 is 16.7 Å². The van der Waals surface area contributed by atoms with E-state index in [1.54, 1.807) is 0 Å². The van der Waals surface area contributed by atoms with Gasteiger partial charge in [0.25, 0.3) is 11.5 Å². The maximum Gasteiger partial charge on any atom is 0.419 e. The molecule has 0 saturated heterocycles. The average Bonchev–Trinajstić information content (AvgIpc) is 2.67. The maximum atomic E-state index is 13.8. The van der Waals surface area contributed by atoms with E-state index in [-0.39, 0.29) is 21.9 Å². The number of halogens is 6. The van der Waals surface area contributed by atoms with E-state index in [1.807, 2.05) is 0 Å². The molecule has 158 valence electrons. The van der Waals surface area contributed by atoms with Gasteiger partial charge >= 0.3 is 6.18 Å². The molecular formula is C20H14F6N2O2. The zero-order valence-electron chi connectivity index (χ0n) is 15.6. The monoisotopic (exact) mass is 428 g/mol. The number of amides is 1. The number of aromatic amines is 1. The minimum atomic E-state index is -4.90. The molecule has 1 aromatic heterocycles. The Morgan fingerprint density at radius 1 is 1.00 bits per heavy atom. The lowest BCUT2D eigenvalue weighted by Gasteiger charge is -2.26. The zero-order valence-corrected chi connectivity index (χ0v) is 15.6. The molecule has 1 amide bonds. The SMILES string of the molecule is C[C@@H](c1c[nH]c(=O)c2cc(F)c(F)cc12)N(C)C(=O)c1ccc(C(F)(F)F)c(F)c1. The number of pyridine rings is 1. The summed E-state index contributed by atoms with van der Waals surface area (Å²) in [6, 6.07) is 2.52. The minimum Gasteiger partial charge on any atom is -0.335 e. The van der Waals surface area contributed by atoms with Crippen molar-refractivity contribution in [3.05, 3.63) is 81.0 Å². The summed E-state index contributed by atoms with van der Waals surface area (Å²) in [7, 11) is 1.30. The molecule has 10 heteroatoms. The van der Waals surface area contributed by atoms with Gasteiger partial charge in [-0.1, -0.05) is 0 Å². The number of fused-ring (bicyclic) bond motifs is 1. The van der Waals surface area contributed by atoms with Crippen LogP contribution in [0.1, 0.15) is 34.5 Å². The molecule has 4 nitrogen and oxygen atoms in total. The van der Waals surface area contributed by atoms with Crippen LogP contribution in [0.3, 0.4) is 0 Å². The quantitative estimate of drug-likeness (QED) is 0.610. The number of benzene rings is 2. The molecule has 1 atom stereocenters. The van der Waals surface area contributed by atoms with Crippen LogP contribution >= 0.6 is 0 Å². The topological polar surface area (TPSA) is 53.2 Å². The number of aromatic nitrogens is 1. The first-order chi connectivity index (χ1) is 13.9. The molecule has 0 bridgehead atoms. The van der Waals surface area contributed by atoms with Crippen LogP contribution in [0.4, 0.5) is 26.3 Å². The highest BCUT2D eigenvalue weighted by molar-refractivity contribution is 5.95. The highest BCUT2D eigenvalue weighted by atomic mass is 19.4. The van der Waals surface area contributed by atoms with Crippen LogP contribution in [0.25, 0.3) is 10.8 Å². The van der Waals surface area contributed by atoms with E-state index in [9.17, 15) is 35.9 Å². The summed E-state index contributed by atoms with van der Waals surface area (Å²) in [4.78, 5) is 28.1. The van der Waals surface area contributed by atoms with Gasteiger partial charge < -0.3 is 9.88 Å². The fraction of sp³-hybridized carbons (Fsp3) is 0.200. The Kier molecular flexibility index (Phi) is 5.36. The van der Waals surface area contributed by atoms with Gasteiger partial charge in [-0.15, -0.1) is 0 Å². The Morgan fingerprint density at radius 3 is 2.17 bits per heavy atom. The molecule has 0 fully saturated rings. The molecule has 0 aliphatic rings. The molecule has 3 aromatic rings. The molecule has 0 aliphatic heterocycles. The first kappa shape index (κ1) is 21.4. The van der Waals surface area contributed by atoms with Crippen molar-refractivity contribution in [2.75, 3.05) is 7.05 Å². The van der Waals surface area contributed by atoms with Crippen molar-refractivity contribution in [3.63, 3.8) is 0 Å². The Bertz CT molecular complexity index is 1200. The van der Waals surface area contributed by atoms with E-state index in [4.69, 9.17) is 0 Å². The summed E-state index contributed by atoms with van der Waals surface area (Å²) in [6.45, 7) is 1.51. The highest BCUT2D eigenvalue weighted by Gasteiger charge is 2.34. The van der Waals surface area contributed by atoms with Gasteiger partial charge in [-0.05, 0) is 48.2 Å². The Morgan fingerprint density at radius 2 is 1.60 bits per heavy atom. The molecular weight excluding hydrogens is 414 g/mol. The molecule has 0 aliphatic carbocycles. The second-order valence-corrected chi connectivity index (χ2v) is 6.67. The van der Waals surface area contributed by atoms with Gasteiger partial charge in [0.1, 0.15) is 5.82 Å². The summed E-state index contributed by atoms with van der Waals surface area (Å²) >= 11 is 0. The second kappa shape index (κ2) is 7.51. The number of H-pyrrole nitrogens is 1. The third-order valence-electron chi connectivity index (χ3n) is 4.85. The molecule has 0 spiro atoms. The molecule has 1 N–H and O–H groups in total. The number of carbonyl (C=O) groups is 1. The number of nitrogens with one attached hydrogen (secondary N) is 1. The number of rotatable bonds is 3. The molecule has 30 heavy (non-hydrogen) atoms. The molecule has 1 heterocycles. The summed E-state index contributed by atoms with van der Waals surface area (Å²) in [5.41, 5.74) is -2.25. The van der Waals surface area contributed by atoms with E-state index < -0.39 is 46.7 Å². The fourth-order valence-corrected chi connectivity index (χ4v) is 3.08. The lowest BCUT2D eigenvalue weighted by molar-refractivity contribution is -0.140. The largest absolute Gasteiger partial charge is 0.419 e. The molecule has 3 rings (SSSR count). The number of hydrogen-bond acceptors (Lipinski definition) is 2. The van der Waals surface area contributed by atoms with Gasteiger partial charge in [0.2, 0.25) is 0 Å². The van der Waals surface area contributed by atoms with E-state index >= 15 is 0 Å². The number of alkyl halides is 3. The van der Waals surface area contributed by atoms with Gasteiger partial charge in [-0.25, -0.2) is 13.2 Å². The third-order valence-corrected chi connectivity index (χ3v) is 4.85. The number of hydrogen-bond donors (Lipinski definition) is 1. The van der Waals surface area contributed by atoms with Crippen molar-refractivity contribution in [3.8, 4) is 0 Å². The van der Waals surface area contributed by atoms with Gasteiger partial charge in [0, 0.05) is 18.8 Å². The Balaban J connectivity index is 2.00. The lowest BCUT2D eigenvalue weighted by atomic mass is 10.0. The van der Waals surface area contributed by atoms with Crippen LogP contribution in [-0.4, -0.2) is 22.8 Å². The second-order valence-electron chi connectivity index (χ2n) is 6.67. The predicted molar refractivity (Wildman–Crippen MR) is 96.4 cm³/mol. The first-order valence-electron chi connectivity index (χ1n) is 8.56. The normalized spacial score (nSPS) is 12.8. The summed E-state index contributed by atoms with van der Waals surface area (Å²) in [5.74, 6) is -4.82. The fourth-order valence-electron chi connectivity index (χ4n) is 3.08. The van der Waals surface area contributed by atoms with Crippen LogP contribution in [-0.2, 0) is 6.18 Å². The average molecular weight is 428 g/mol. The standard InChI is InChI=1S/C20H14F6N2O2/c1-9(13-8-27-18(29)12-7-17(23)16(22)6-11(12)13)28(2)19(30)10-3-4-14(15(21)5-10)20(24,25)26/h3-9H,1-2H3,(H,27,29)/t9-/m0/s1. The lowest BCUT2D eigenvalue weighted by Crippen LogP contribution is -2.30. The number of carbonyl (C=O) groups excluding carboxylic acids is 1. The van der Waals surface area contributed by atoms with E-state index in [0.29, 0.717) is 12.1 Å². The molecule has 0 radical (unpaired) electrons. The summed E-state index contributed by atoms with van der Waals surface area (Å²) in [6.07, 6.45) is -3.68. The molecule has 2 aromatic carbocycles. The summed E-state index contributed by atoms with van der Waals surface area (Å²) in [5, 5.41) is -0.0805. The molecule has 0 unspecified atom stereocenters. The van der Waals surface area contributed by atoms with Crippen LogP contribution in [0.15, 0.2) is 41.3 Å². The van der Waals surface area contributed by atoms with Crippen molar-refractivity contribution in [2.45, 2.75) is 19.1 Å². The van der Waals surface area contributed by atoms with Crippen molar-refractivity contribution < 1.29 is 31.1 Å². The van der Waals surface area contributed by atoms with Crippen LogP contribution in [0, 0.1) is 17.5 Å². The van der Waals surface area contributed by atoms with Crippen LogP contribution in [0.5, 0.6) is 0 Å². The predicted octanol–water partition coefficient (Wildman–Crippen LogP) is 4.80. The summed E-state index contributed by atoms with van der Waals surface area (Å²) < 4.78 is 79.2.